The van der Waals surface area contributed by atoms with Gasteiger partial charge in [-0.25, -0.2) is 0 Å². The summed E-state index contributed by atoms with van der Waals surface area (Å²) >= 11 is 0. The molecular weight excluding hydrogens is 898 g/mol. The monoisotopic (exact) mass is 942 g/mol. The third-order valence-corrected chi connectivity index (χ3v) is 19.8. The Balaban J connectivity index is 1.13. The van der Waals surface area contributed by atoms with Gasteiger partial charge in [-0.3, -0.25) is 28.0 Å². The zero-order chi connectivity index (χ0) is 45.7. The van der Waals surface area contributed by atoms with Crippen molar-refractivity contribution in [3.63, 3.8) is 0 Å². The molecule has 0 N–H and O–H groups in total. The van der Waals surface area contributed by atoms with Gasteiger partial charge in [0.25, 0.3) is 0 Å². The molecule has 13 rings (SSSR count). The van der Waals surface area contributed by atoms with Crippen LogP contribution in [-0.2, 0) is 0 Å². The second kappa shape index (κ2) is 17.7. The van der Waals surface area contributed by atoms with Gasteiger partial charge in [0.05, 0.1) is 34.1 Å². The number of benzene rings is 10. The quantitative estimate of drug-likeness (QED) is 0.133. The molecule has 69 heavy (non-hydrogen) atoms. The first-order chi connectivity index (χ1) is 34.3. The molecule has 0 aromatic heterocycles. The molecule has 0 spiro atoms. The van der Waals surface area contributed by atoms with E-state index in [2.05, 4.69) is 301 Å². The Morgan fingerprint density at radius 1 is 0.174 bits per heavy atom. The average molecular weight is 943 g/mol. The van der Waals surface area contributed by atoms with Crippen LogP contribution >= 0.6 is 24.7 Å². The molecule has 3 heterocycles. The van der Waals surface area contributed by atoms with Crippen molar-refractivity contribution >= 4 is 109 Å². The second-order valence-corrected chi connectivity index (χ2v) is 22.6. The standard InChI is InChI=1S/C60H45N6P3/c1-7-25-46(26-8-1)61-55-37-19-20-38-56(55)62(47-27-9-2-10-28-47)67(61)52-43-53(68-63(48-29-11-3-12-30-48)57-39-21-22-40-58(57)64(68)49-31-13-4-14-32-49)45-54(44-52)69-65(50-33-15-5-16-34-50)59-41-23-24-42-60(59)66(69)51-35-17-6-18-36-51/h1-45H. The molecule has 0 amide bonds. The number of rotatable bonds is 9. The molecule has 10 aromatic carbocycles. The first kappa shape index (κ1) is 41.5. The van der Waals surface area contributed by atoms with Crippen LogP contribution in [-0.4, -0.2) is 0 Å². The first-order valence-electron chi connectivity index (χ1n) is 23.2. The lowest BCUT2D eigenvalue weighted by Crippen LogP contribution is -2.33. The van der Waals surface area contributed by atoms with Gasteiger partial charge < -0.3 is 0 Å². The fourth-order valence-corrected chi connectivity index (χ4v) is 18.0. The average Bonchev–Trinajstić information content (AvgIpc) is 4.09. The fourth-order valence-electron chi connectivity index (χ4n) is 9.87. The first-order valence-corrected chi connectivity index (χ1v) is 27.0. The van der Waals surface area contributed by atoms with Crippen LogP contribution in [0.25, 0.3) is 0 Å². The third kappa shape index (κ3) is 7.15. The van der Waals surface area contributed by atoms with E-state index in [0.717, 1.165) is 34.1 Å². The number of hydrogen-bond donors (Lipinski definition) is 0. The lowest BCUT2D eigenvalue weighted by molar-refractivity contribution is 1.44. The van der Waals surface area contributed by atoms with Crippen molar-refractivity contribution in [3.05, 3.63) is 273 Å². The molecule has 3 aliphatic rings. The largest absolute Gasteiger partial charge is 0.297 e. The summed E-state index contributed by atoms with van der Waals surface area (Å²) in [6.07, 6.45) is 0. The topological polar surface area (TPSA) is 19.4 Å². The van der Waals surface area contributed by atoms with Gasteiger partial charge in [0.1, 0.15) is 24.7 Å². The Kier molecular flexibility index (Phi) is 10.7. The highest BCUT2D eigenvalue weighted by molar-refractivity contribution is 7.73. The van der Waals surface area contributed by atoms with Gasteiger partial charge in [0.2, 0.25) is 0 Å². The van der Waals surface area contributed by atoms with Crippen LogP contribution in [0.15, 0.2) is 273 Å². The van der Waals surface area contributed by atoms with Gasteiger partial charge >= 0.3 is 0 Å². The van der Waals surface area contributed by atoms with Crippen molar-refractivity contribution < 1.29 is 0 Å². The van der Waals surface area contributed by atoms with E-state index in [0.29, 0.717) is 0 Å². The lowest BCUT2D eigenvalue weighted by Gasteiger charge is -2.37. The molecule has 0 saturated carbocycles. The predicted octanol–water partition coefficient (Wildman–Crippen LogP) is 16.5. The Hall–Kier alpha value is -7.71. The van der Waals surface area contributed by atoms with E-state index in [4.69, 9.17) is 0 Å². The maximum atomic E-state index is 2.61. The molecule has 6 nitrogen and oxygen atoms in total. The summed E-state index contributed by atoms with van der Waals surface area (Å²) in [6, 6.07) is 100. The van der Waals surface area contributed by atoms with E-state index in [9.17, 15) is 0 Å². The molecule has 9 heteroatoms. The maximum Gasteiger partial charge on any atom is 0.138 e. The molecule has 0 saturated heterocycles. The molecule has 0 fully saturated rings. The smallest absolute Gasteiger partial charge is 0.138 e. The highest BCUT2D eigenvalue weighted by atomic mass is 31.1. The summed E-state index contributed by atoms with van der Waals surface area (Å²) in [5.74, 6) is 0. The molecule has 0 aliphatic carbocycles. The van der Waals surface area contributed by atoms with Gasteiger partial charge in [-0.15, -0.1) is 0 Å². The van der Waals surface area contributed by atoms with Crippen molar-refractivity contribution in [1.29, 1.82) is 0 Å². The van der Waals surface area contributed by atoms with Crippen LogP contribution in [0.1, 0.15) is 0 Å². The van der Waals surface area contributed by atoms with Crippen LogP contribution in [0.5, 0.6) is 0 Å². The summed E-state index contributed by atoms with van der Waals surface area (Å²) in [6.45, 7) is 0. The minimum absolute atomic E-state index is 1.16. The summed E-state index contributed by atoms with van der Waals surface area (Å²) in [4.78, 5) is 0. The van der Waals surface area contributed by atoms with Gasteiger partial charge in [-0.05, 0) is 127 Å². The zero-order valence-corrected chi connectivity index (χ0v) is 40.2. The summed E-state index contributed by atoms with van der Waals surface area (Å²) in [7, 11) is -3.86. The van der Waals surface area contributed by atoms with E-state index in [1.165, 1.54) is 50.0 Å². The number of fused-ring (bicyclic) bond motifs is 3. The Morgan fingerprint density at radius 3 is 0.478 bits per heavy atom. The van der Waals surface area contributed by atoms with E-state index in [1.54, 1.807) is 0 Å². The molecule has 330 valence electrons. The van der Waals surface area contributed by atoms with E-state index in [-0.39, 0.29) is 0 Å². The van der Waals surface area contributed by atoms with E-state index >= 15 is 0 Å². The molecular formula is C60H45N6P3. The highest BCUT2D eigenvalue weighted by Crippen LogP contribution is 2.69. The summed E-state index contributed by atoms with van der Waals surface area (Å²) in [5, 5.41) is 3.79. The highest BCUT2D eigenvalue weighted by Gasteiger charge is 2.46. The number of anilines is 12. The van der Waals surface area contributed by atoms with Crippen molar-refractivity contribution in [2.75, 3.05) is 28.0 Å². The molecule has 0 atom stereocenters. The second-order valence-electron chi connectivity index (χ2n) is 16.9. The van der Waals surface area contributed by atoms with E-state index in [1.807, 2.05) is 0 Å². The van der Waals surface area contributed by atoms with Gasteiger partial charge in [-0.2, -0.15) is 0 Å². The Morgan fingerprint density at radius 2 is 0.319 bits per heavy atom. The number of hydrogen-bond acceptors (Lipinski definition) is 6. The lowest BCUT2D eigenvalue weighted by atomic mass is 10.2. The van der Waals surface area contributed by atoms with Crippen molar-refractivity contribution in [2.24, 2.45) is 0 Å². The van der Waals surface area contributed by atoms with Crippen LogP contribution in [0, 0.1) is 0 Å². The molecule has 0 unspecified atom stereocenters. The normalized spacial score (nSPS) is 14.6. The predicted molar refractivity (Wildman–Crippen MR) is 297 cm³/mol. The maximum absolute atomic E-state index is 2.61. The zero-order valence-electron chi connectivity index (χ0n) is 37.5. The third-order valence-electron chi connectivity index (χ3n) is 12.7. The van der Waals surface area contributed by atoms with Crippen molar-refractivity contribution in [2.45, 2.75) is 0 Å². The summed E-state index contributed by atoms with van der Waals surface area (Å²) < 4.78 is 15.7. The number of para-hydroxylation sites is 12. The fraction of sp³-hybridized carbons (Fsp3) is 0. The van der Waals surface area contributed by atoms with Crippen LogP contribution < -0.4 is 43.9 Å². The minimum Gasteiger partial charge on any atom is -0.297 e. The molecule has 3 aliphatic heterocycles. The SMILES string of the molecule is c1ccc(N2c3ccccc3N(c3ccccc3)P2c2cc(P3N(c4ccccc4)c4ccccc4N3c3ccccc3)cc(P3N(c4ccccc4)c4ccccc4N3c3ccccc3)c2)cc1. The van der Waals surface area contributed by atoms with Gasteiger partial charge in [0, 0.05) is 50.0 Å². The van der Waals surface area contributed by atoms with Crippen LogP contribution in [0.4, 0.5) is 68.2 Å². The van der Waals surface area contributed by atoms with Crippen LogP contribution in [0.2, 0.25) is 0 Å². The molecule has 10 aromatic rings. The van der Waals surface area contributed by atoms with Crippen molar-refractivity contribution in [3.8, 4) is 0 Å². The Labute approximate surface area is 407 Å². The van der Waals surface area contributed by atoms with E-state index < -0.39 is 24.7 Å². The van der Waals surface area contributed by atoms with Gasteiger partial charge in [-0.1, -0.05) is 146 Å². The Bertz CT molecular complexity index is 2830. The minimum atomic E-state index is -1.29. The van der Waals surface area contributed by atoms with Crippen molar-refractivity contribution in [1.82, 2.24) is 0 Å². The number of nitrogens with zero attached hydrogens (tertiary/aromatic N) is 6. The summed E-state index contributed by atoms with van der Waals surface area (Å²) in [5.41, 5.74) is 14.1. The molecule has 0 bridgehead atoms. The van der Waals surface area contributed by atoms with Gasteiger partial charge in [0.15, 0.2) is 0 Å². The molecule has 0 radical (unpaired) electrons. The van der Waals surface area contributed by atoms with Crippen LogP contribution in [0.3, 0.4) is 0 Å².